The molecule has 36 heavy (non-hydrogen) atoms. The number of aromatic nitrogens is 1. The molecule has 0 aliphatic carbocycles. The maximum atomic E-state index is 12.8. The van der Waals surface area contributed by atoms with Crippen LogP contribution in [0, 0.1) is 0 Å². The van der Waals surface area contributed by atoms with E-state index in [0.717, 1.165) is 30.8 Å². The van der Waals surface area contributed by atoms with Crippen molar-refractivity contribution in [3.8, 4) is 5.75 Å². The van der Waals surface area contributed by atoms with Crippen molar-refractivity contribution < 1.29 is 14.1 Å². The van der Waals surface area contributed by atoms with Gasteiger partial charge in [-0.15, -0.1) is 0 Å². The molecule has 0 aliphatic heterocycles. The minimum absolute atomic E-state index is 0.0384. The molecule has 1 heterocycles. The molecule has 1 amide bonds. The molecule has 0 radical (unpaired) electrons. The van der Waals surface area contributed by atoms with Gasteiger partial charge in [0, 0.05) is 12.1 Å². The predicted octanol–water partition coefficient (Wildman–Crippen LogP) is 7.99. The Kier molecular flexibility index (Phi) is 13.0. The molecule has 0 bridgehead atoms. The molecule has 0 saturated heterocycles. The van der Waals surface area contributed by atoms with Crippen molar-refractivity contribution in [2.24, 2.45) is 7.05 Å². The first-order chi connectivity index (χ1) is 17.3. The number of hydrogen-bond acceptors (Lipinski definition) is 2. The number of rotatable bonds is 16. The van der Waals surface area contributed by atoms with Gasteiger partial charge < -0.3 is 10.1 Å². The summed E-state index contributed by atoms with van der Waals surface area (Å²) in [7, 11) is 1.95. The number of ether oxygens (including phenoxy) is 1. The van der Waals surface area contributed by atoms with E-state index in [1.165, 1.54) is 63.4 Å². The SMILES string of the molecule is CCCCCCCCCCCCOc1ccc(C(CC)NC(=O)c2cc[n+](C)cc2)cc1C(C)(C)C. The highest BCUT2D eigenvalue weighted by molar-refractivity contribution is 5.94. The Morgan fingerprint density at radius 1 is 0.889 bits per heavy atom. The molecular formula is C32H51N2O2+. The second kappa shape index (κ2) is 15.7. The molecule has 2 rings (SSSR count). The summed E-state index contributed by atoms with van der Waals surface area (Å²) in [5.74, 6) is 0.931. The van der Waals surface area contributed by atoms with Gasteiger partial charge in [0.25, 0.3) is 5.91 Å². The summed E-state index contributed by atoms with van der Waals surface area (Å²) in [4.78, 5) is 12.8. The lowest BCUT2D eigenvalue weighted by atomic mass is 9.84. The summed E-state index contributed by atoms with van der Waals surface area (Å²) in [6, 6.07) is 10.1. The zero-order valence-corrected chi connectivity index (χ0v) is 23.9. The molecule has 4 nitrogen and oxygen atoms in total. The maximum absolute atomic E-state index is 12.8. The highest BCUT2D eigenvalue weighted by Gasteiger charge is 2.22. The van der Waals surface area contributed by atoms with Gasteiger partial charge in [-0.2, -0.15) is 0 Å². The zero-order valence-electron chi connectivity index (χ0n) is 23.9. The first-order valence-electron chi connectivity index (χ1n) is 14.3. The van der Waals surface area contributed by atoms with Gasteiger partial charge in [-0.25, -0.2) is 4.57 Å². The normalized spacial score (nSPS) is 12.4. The quantitative estimate of drug-likeness (QED) is 0.189. The molecule has 0 saturated carbocycles. The van der Waals surface area contributed by atoms with Crippen molar-refractivity contribution in [3.63, 3.8) is 0 Å². The van der Waals surface area contributed by atoms with Gasteiger partial charge in [0.15, 0.2) is 12.4 Å². The number of aryl methyl sites for hydroxylation is 1. The molecule has 1 aromatic carbocycles. The molecule has 1 aromatic heterocycles. The van der Waals surface area contributed by atoms with Gasteiger partial charge in [0.05, 0.1) is 18.2 Å². The molecule has 200 valence electrons. The standard InChI is InChI=1S/C32H50N2O2/c1-7-9-10-11-12-13-14-15-16-17-24-36-30-19-18-27(25-28(30)32(3,4)5)29(8-2)33-31(35)26-20-22-34(6)23-21-26/h18-23,25,29H,7-17,24H2,1-6H3/p+1. The third kappa shape index (κ3) is 10.3. The van der Waals surface area contributed by atoms with Crippen LogP contribution >= 0.6 is 0 Å². The number of hydrogen-bond donors (Lipinski definition) is 1. The lowest BCUT2D eigenvalue weighted by Gasteiger charge is -2.26. The first-order valence-corrected chi connectivity index (χ1v) is 14.3. The molecule has 1 N–H and O–H groups in total. The van der Waals surface area contributed by atoms with E-state index in [2.05, 4.69) is 58.1 Å². The number of benzene rings is 1. The fourth-order valence-corrected chi connectivity index (χ4v) is 4.56. The lowest BCUT2D eigenvalue weighted by Crippen LogP contribution is -2.31. The summed E-state index contributed by atoms with van der Waals surface area (Å²) in [6.45, 7) is 11.8. The van der Waals surface area contributed by atoms with Crippen LogP contribution in [0.3, 0.4) is 0 Å². The van der Waals surface area contributed by atoms with Gasteiger partial charge in [-0.05, 0) is 41.5 Å². The topological polar surface area (TPSA) is 42.2 Å². The summed E-state index contributed by atoms with van der Waals surface area (Å²) in [6.07, 6.45) is 17.9. The predicted molar refractivity (Wildman–Crippen MR) is 151 cm³/mol. The Hall–Kier alpha value is -2.36. The van der Waals surface area contributed by atoms with Crippen molar-refractivity contribution in [1.29, 1.82) is 0 Å². The molecule has 0 spiro atoms. The van der Waals surface area contributed by atoms with E-state index in [1.807, 2.05) is 36.1 Å². The summed E-state index contributed by atoms with van der Waals surface area (Å²) in [5, 5.41) is 3.22. The zero-order chi connectivity index (χ0) is 26.4. The van der Waals surface area contributed by atoms with Gasteiger partial charge in [0.1, 0.15) is 12.8 Å². The Labute approximate surface area is 220 Å². The minimum atomic E-state index is -0.0421. The van der Waals surface area contributed by atoms with Crippen LogP contribution < -0.4 is 14.6 Å². The molecule has 4 heteroatoms. The Bertz CT molecular complexity index is 899. The fraction of sp³-hybridized carbons (Fsp3) is 0.625. The Morgan fingerprint density at radius 3 is 2.03 bits per heavy atom. The van der Waals surface area contributed by atoms with E-state index >= 15 is 0 Å². The molecule has 2 aromatic rings. The van der Waals surface area contributed by atoms with E-state index in [9.17, 15) is 4.79 Å². The monoisotopic (exact) mass is 495 g/mol. The van der Waals surface area contributed by atoms with Crippen molar-refractivity contribution in [2.75, 3.05) is 6.61 Å². The molecular weight excluding hydrogens is 444 g/mol. The molecule has 1 unspecified atom stereocenters. The number of carbonyl (C=O) groups is 1. The van der Waals surface area contributed by atoms with Crippen LogP contribution in [0.1, 0.15) is 133 Å². The minimum Gasteiger partial charge on any atom is -0.493 e. The summed E-state index contributed by atoms with van der Waals surface area (Å²) >= 11 is 0. The van der Waals surface area contributed by atoms with Gasteiger partial charge in [0.2, 0.25) is 0 Å². The van der Waals surface area contributed by atoms with Crippen LogP contribution in [0.4, 0.5) is 0 Å². The van der Waals surface area contributed by atoms with E-state index in [0.29, 0.717) is 5.56 Å². The van der Waals surface area contributed by atoms with Crippen LogP contribution in [-0.4, -0.2) is 12.5 Å². The fourth-order valence-electron chi connectivity index (χ4n) is 4.56. The summed E-state index contributed by atoms with van der Waals surface area (Å²) in [5.41, 5.74) is 2.97. The Balaban J connectivity index is 1.90. The number of amides is 1. The van der Waals surface area contributed by atoms with E-state index in [4.69, 9.17) is 4.74 Å². The third-order valence-corrected chi connectivity index (χ3v) is 6.92. The van der Waals surface area contributed by atoms with E-state index in [-0.39, 0.29) is 17.4 Å². The molecule has 0 aliphatic rings. The van der Waals surface area contributed by atoms with Gasteiger partial charge >= 0.3 is 0 Å². The average Bonchev–Trinajstić information content (AvgIpc) is 2.85. The van der Waals surface area contributed by atoms with E-state index in [1.54, 1.807) is 0 Å². The van der Waals surface area contributed by atoms with Crippen molar-refractivity contribution >= 4 is 5.91 Å². The first kappa shape index (κ1) is 29.9. The number of pyridine rings is 1. The molecule has 0 fully saturated rings. The van der Waals surface area contributed by atoms with Crippen LogP contribution in [-0.2, 0) is 12.5 Å². The van der Waals surface area contributed by atoms with Crippen molar-refractivity contribution in [2.45, 2.75) is 117 Å². The van der Waals surface area contributed by atoms with Crippen LogP contribution in [0.15, 0.2) is 42.7 Å². The smallest absolute Gasteiger partial charge is 0.252 e. The average molecular weight is 496 g/mol. The van der Waals surface area contributed by atoms with Crippen molar-refractivity contribution in [1.82, 2.24) is 5.32 Å². The largest absolute Gasteiger partial charge is 0.493 e. The second-order valence-electron chi connectivity index (χ2n) is 11.2. The van der Waals surface area contributed by atoms with E-state index < -0.39 is 0 Å². The third-order valence-electron chi connectivity index (χ3n) is 6.92. The highest BCUT2D eigenvalue weighted by atomic mass is 16.5. The van der Waals surface area contributed by atoms with Crippen LogP contribution in [0.25, 0.3) is 0 Å². The maximum Gasteiger partial charge on any atom is 0.252 e. The van der Waals surface area contributed by atoms with Gasteiger partial charge in [-0.3, -0.25) is 4.79 Å². The van der Waals surface area contributed by atoms with Gasteiger partial charge in [-0.1, -0.05) is 98.5 Å². The van der Waals surface area contributed by atoms with Crippen molar-refractivity contribution in [3.05, 3.63) is 59.4 Å². The number of carbonyl (C=O) groups excluding carboxylic acids is 1. The highest BCUT2D eigenvalue weighted by Crippen LogP contribution is 2.34. The molecule has 1 atom stereocenters. The number of nitrogens with zero attached hydrogens (tertiary/aromatic N) is 1. The lowest BCUT2D eigenvalue weighted by molar-refractivity contribution is -0.671. The van der Waals surface area contributed by atoms with Crippen LogP contribution in [0.5, 0.6) is 5.75 Å². The number of unbranched alkanes of at least 4 members (excludes halogenated alkanes) is 9. The number of nitrogens with one attached hydrogen (secondary N) is 1. The second-order valence-corrected chi connectivity index (χ2v) is 11.2. The summed E-state index contributed by atoms with van der Waals surface area (Å²) < 4.78 is 8.20. The van der Waals surface area contributed by atoms with Crippen LogP contribution in [0.2, 0.25) is 0 Å². The Morgan fingerprint density at radius 2 is 1.47 bits per heavy atom.